The Morgan fingerprint density at radius 3 is 2.50 bits per heavy atom. The second-order valence-corrected chi connectivity index (χ2v) is 7.27. The fourth-order valence-electron chi connectivity index (χ4n) is 2.92. The van der Waals surface area contributed by atoms with E-state index in [0.717, 1.165) is 18.6 Å². The number of ether oxygens (including phenoxy) is 2. The van der Waals surface area contributed by atoms with E-state index in [1.165, 1.54) is 12.0 Å². The molecule has 1 aliphatic carbocycles. The van der Waals surface area contributed by atoms with Gasteiger partial charge in [-0.1, -0.05) is 31.9 Å². The van der Waals surface area contributed by atoms with Crippen molar-refractivity contribution in [3.63, 3.8) is 0 Å². The summed E-state index contributed by atoms with van der Waals surface area (Å²) in [4.78, 5) is 0. The summed E-state index contributed by atoms with van der Waals surface area (Å²) in [6, 6.07) is 4.09. The molecule has 0 unspecified atom stereocenters. The molecule has 3 nitrogen and oxygen atoms in total. The number of halogens is 1. The molecule has 0 aromatic heterocycles. The highest BCUT2D eigenvalue weighted by molar-refractivity contribution is 6.32. The molecule has 4 heteroatoms. The average molecular weight is 296 g/mol. The van der Waals surface area contributed by atoms with Crippen LogP contribution in [0.3, 0.4) is 0 Å². The molecule has 0 bridgehead atoms. The molecule has 1 heterocycles. The Morgan fingerprint density at radius 1 is 1.20 bits per heavy atom. The van der Waals surface area contributed by atoms with Crippen molar-refractivity contribution in [1.29, 1.82) is 0 Å². The van der Waals surface area contributed by atoms with Crippen LogP contribution in [0.4, 0.5) is 0 Å². The van der Waals surface area contributed by atoms with Crippen molar-refractivity contribution in [2.24, 2.45) is 11.1 Å². The Labute approximate surface area is 125 Å². The summed E-state index contributed by atoms with van der Waals surface area (Å²) < 4.78 is 11.8. The average Bonchev–Trinajstić information content (AvgIpc) is 2.49. The third-order valence-electron chi connectivity index (χ3n) is 4.55. The van der Waals surface area contributed by atoms with E-state index < -0.39 is 0 Å². The molecule has 3 rings (SSSR count). The topological polar surface area (TPSA) is 44.5 Å². The van der Waals surface area contributed by atoms with Crippen LogP contribution in [0.15, 0.2) is 12.1 Å². The number of benzene rings is 1. The summed E-state index contributed by atoms with van der Waals surface area (Å²) in [6.45, 7) is 6.16. The van der Waals surface area contributed by atoms with E-state index in [-0.39, 0.29) is 10.8 Å². The first-order valence-electron chi connectivity index (χ1n) is 7.26. The molecule has 2 N–H and O–H groups in total. The Kier molecular flexibility index (Phi) is 3.38. The van der Waals surface area contributed by atoms with Gasteiger partial charge in [0.05, 0.1) is 18.2 Å². The van der Waals surface area contributed by atoms with Gasteiger partial charge in [-0.2, -0.15) is 0 Å². The van der Waals surface area contributed by atoms with Gasteiger partial charge in [-0.3, -0.25) is 0 Å². The minimum atomic E-state index is -0.00939. The van der Waals surface area contributed by atoms with Crippen LogP contribution in [0.25, 0.3) is 0 Å². The van der Waals surface area contributed by atoms with Crippen LogP contribution in [-0.2, 0) is 5.41 Å². The first-order chi connectivity index (χ1) is 9.46. The molecule has 1 aromatic carbocycles. The number of fused-ring (bicyclic) bond motifs is 1. The maximum Gasteiger partial charge on any atom is 0.179 e. The molecule has 0 amide bonds. The highest BCUT2D eigenvalue weighted by Crippen LogP contribution is 2.48. The zero-order valence-corrected chi connectivity index (χ0v) is 12.9. The summed E-state index contributed by atoms with van der Waals surface area (Å²) in [5.41, 5.74) is 7.26. The van der Waals surface area contributed by atoms with Crippen molar-refractivity contribution in [1.82, 2.24) is 0 Å². The molecule has 0 spiro atoms. The monoisotopic (exact) mass is 295 g/mol. The molecule has 0 radical (unpaired) electrons. The van der Waals surface area contributed by atoms with E-state index in [9.17, 15) is 0 Å². The summed E-state index contributed by atoms with van der Waals surface area (Å²) in [6.07, 6.45) is 3.49. The van der Waals surface area contributed by atoms with Crippen LogP contribution < -0.4 is 15.2 Å². The SMILES string of the molecule is CC1(C)COc2cc(C3(CN)CCC3)cc(Cl)c2OC1. The Balaban J connectivity index is 1.99. The van der Waals surface area contributed by atoms with E-state index in [1.807, 2.05) is 6.07 Å². The fourth-order valence-corrected chi connectivity index (χ4v) is 3.18. The number of rotatable bonds is 2. The van der Waals surface area contributed by atoms with Crippen molar-refractivity contribution >= 4 is 11.6 Å². The van der Waals surface area contributed by atoms with Crippen LogP contribution in [-0.4, -0.2) is 19.8 Å². The van der Waals surface area contributed by atoms with Crippen molar-refractivity contribution < 1.29 is 9.47 Å². The molecule has 1 fully saturated rings. The lowest BCUT2D eigenvalue weighted by atomic mass is 9.64. The van der Waals surface area contributed by atoms with Gasteiger partial charge in [-0.25, -0.2) is 0 Å². The Morgan fingerprint density at radius 2 is 1.90 bits per heavy atom. The molecule has 1 aromatic rings. The summed E-state index contributed by atoms with van der Waals surface area (Å²) >= 11 is 6.41. The van der Waals surface area contributed by atoms with Crippen molar-refractivity contribution in [2.45, 2.75) is 38.5 Å². The van der Waals surface area contributed by atoms with Gasteiger partial charge in [0.1, 0.15) is 0 Å². The maximum atomic E-state index is 6.41. The van der Waals surface area contributed by atoms with E-state index in [1.54, 1.807) is 0 Å². The van der Waals surface area contributed by atoms with Gasteiger partial charge >= 0.3 is 0 Å². The lowest BCUT2D eigenvalue weighted by Gasteiger charge is -2.41. The van der Waals surface area contributed by atoms with Crippen LogP contribution >= 0.6 is 11.6 Å². The zero-order chi connectivity index (χ0) is 14.4. The second-order valence-electron chi connectivity index (χ2n) is 6.86. The molecular formula is C16H22ClNO2. The third-order valence-corrected chi connectivity index (χ3v) is 4.83. The largest absolute Gasteiger partial charge is 0.489 e. The smallest absolute Gasteiger partial charge is 0.179 e. The summed E-state index contributed by atoms with van der Waals surface area (Å²) in [7, 11) is 0. The van der Waals surface area contributed by atoms with E-state index >= 15 is 0 Å². The van der Waals surface area contributed by atoms with Gasteiger partial charge in [0.2, 0.25) is 0 Å². The summed E-state index contributed by atoms with van der Waals surface area (Å²) in [5.74, 6) is 1.44. The molecule has 1 saturated carbocycles. The van der Waals surface area contributed by atoms with Gasteiger partial charge in [0, 0.05) is 17.4 Å². The quantitative estimate of drug-likeness (QED) is 0.908. The maximum absolute atomic E-state index is 6.41. The van der Waals surface area contributed by atoms with Crippen molar-refractivity contribution in [2.75, 3.05) is 19.8 Å². The van der Waals surface area contributed by atoms with Crippen LogP contribution in [0.2, 0.25) is 5.02 Å². The van der Waals surface area contributed by atoms with Crippen molar-refractivity contribution in [3.8, 4) is 11.5 Å². The fraction of sp³-hybridized carbons (Fsp3) is 0.625. The standard InChI is InChI=1S/C16H22ClNO2/c1-15(2)9-19-13-7-11(16(8-18)4-3-5-16)6-12(17)14(13)20-10-15/h6-7H,3-5,8-10,18H2,1-2H3. The molecule has 110 valence electrons. The first-order valence-corrected chi connectivity index (χ1v) is 7.63. The number of hydrogen-bond donors (Lipinski definition) is 1. The molecule has 20 heavy (non-hydrogen) atoms. The second kappa shape index (κ2) is 4.81. The van der Waals surface area contributed by atoms with Crippen LogP contribution in [0, 0.1) is 5.41 Å². The lowest BCUT2D eigenvalue weighted by molar-refractivity contribution is 0.140. The molecular weight excluding hydrogens is 274 g/mol. The van der Waals surface area contributed by atoms with Gasteiger partial charge < -0.3 is 15.2 Å². The highest BCUT2D eigenvalue weighted by Gasteiger charge is 2.39. The third kappa shape index (κ3) is 2.27. The summed E-state index contributed by atoms with van der Waals surface area (Å²) in [5, 5.41) is 0.634. The van der Waals surface area contributed by atoms with Gasteiger partial charge in [0.25, 0.3) is 0 Å². The van der Waals surface area contributed by atoms with E-state index in [2.05, 4.69) is 19.9 Å². The Bertz CT molecular complexity index is 518. The zero-order valence-electron chi connectivity index (χ0n) is 12.2. The van der Waals surface area contributed by atoms with Crippen molar-refractivity contribution in [3.05, 3.63) is 22.7 Å². The predicted molar refractivity (Wildman–Crippen MR) is 80.8 cm³/mol. The Hall–Kier alpha value is -0.930. The number of hydrogen-bond acceptors (Lipinski definition) is 3. The number of nitrogens with two attached hydrogens (primary N) is 1. The predicted octanol–water partition coefficient (Wildman–Crippen LogP) is 3.52. The highest BCUT2D eigenvalue weighted by atomic mass is 35.5. The normalized spacial score (nSPS) is 22.8. The van der Waals surface area contributed by atoms with Gasteiger partial charge in [-0.15, -0.1) is 0 Å². The molecule has 0 saturated heterocycles. The first kappa shape index (κ1) is 14.0. The molecule has 2 aliphatic rings. The van der Waals surface area contributed by atoms with E-state index in [0.29, 0.717) is 30.5 Å². The lowest BCUT2D eigenvalue weighted by Crippen LogP contribution is -2.41. The van der Waals surface area contributed by atoms with E-state index in [4.69, 9.17) is 26.8 Å². The van der Waals surface area contributed by atoms with Crippen LogP contribution in [0.5, 0.6) is 11.5 Å². The van der Waals surface area contributed by atoms with Crippen LogP contribution in [0.1, 0.15) is 38.7 Å². The minimum Gasteiger partial charge on any atom is -0.489 e. The molecule has 1 aliphatic heterocycles. The molecule has 0 atom stereocenters. The van der Waals surface area contributed by atoms with Gasteiger partial charge in [0.15, 0.2) is 11.5 Å². The van der Waals surface area contributed by atoms with Gasteiger partial charge in [-0.05, 0) is 30.5 Å². The minimum absolute atomic E-state index is 0.00939.